The lowest BCUT2D eigenvalue weighted by atomic mass is 10.1. The lowest BCUT2D eigenvalue weighted by molar-refractivity contribution is 0.692. The summed E-state index contributed by atoms with van der Waals surface area (Å²) < 4.78 is 0. The molecule has 1 N–H and O–H groups in total. The summed E-state index contributed by atoms with van der Waals surface area (Å²) in [6.07, 6.45) is 3.43. The van der Waals surface area contributed by atoms with Crippen LogP contribution in [0.1, 0.15) is 16.7 Å². The van der Waals surface area contributed by atoms with E-state index in [1.807, 2.05) is 6.07 Å². The maximum absolute atomic E-state index is 6.02. The maximum atomic E-state index is 6.02. The highest BCUT2D eigenvalue weighted by Crippen LogP contribution is 2.13. The van der Waals surface area contributed by atoms with Gasteiger partial charge in [0.25, 0.3) is 0 Å². The average Bonchev–Trinajstić information content (AvgIpc) is 2.34. The standard InChI is InChI=1S/C14H15ClN2/c1-11-2-4-12(5-3-11)8-17-9-13-6-7-16-10-14(13)15/h2-7,10,17H,8-9H2,1H3. The van der Waals surface area contributed by atoms with Crippen molar-refractivity contribution in [3.63, 3.8) is 0 Å². The highest BCUT2D eigenvalue weighted by Gasteiger charge is 1.99. The number of nitrogens with one attached hydrogen (secondary N) is 1. The van der Waals surface area contributed by atoms with Crippen LogP contribution in [0.25, 0.3) is 0 Å². The molecule has 2 nitrogen and oxygen atoms in total. The molecule has 3 heteroatoms. The summed E-state index contributed by atoms with van der Waals surface area (Å²) >= 11 is 6.02. The van der Waals surface area contributed by atoms with Gasteiger partial charge < -0.3 is 5.32 Å². The number of halogens is 1. The molecule has 17 heavy (non-hydrogen) atoms. The molecule has 0 aliphatic carbocycles. The number of nitrogens with zero attached hydrogens (tertiary/aromatic N) is 1. The molecular weight excluding hydrogens is 232 g/mol. The Bertz CT molecular complexity index is 480. The van der Waals surface area contributed by atoms with Gasteiger partial charge in [-0.2, -0.15) is 0 Å². The van der Waals surface area contributed by atoms with Crippen molar-refractivity contribution in [3.8, 4) is 0 Å². The van der Waals surface area contributed by atoms with E-state index >= 15 is 0 Å². The van der Waals surface area contributed by atoms with Crippen molar-refractivity contribution in [2.45, 2.75) is 20.0 Å². The zero-order valence-corrected chi connectivity index (χ0v) is 10.5. The van der Waals surface area contributed by atoms with Crippen LogP contribution in [0.2, 0.25) is 5.02 Å². The first-order valence-corrected chi connectivity index (χ1v) is 5.98. The van der Waals surface area contributed by atoms with E-state index in [4.69, 9.17) is 11.6 Å². The highest BCUT2D eigenvalue weighted by molar-refractivity contribution is 6.31. The number of aromatic nitrogens is 1. The zero-order valence-electron chi connectivity index (χ0n) is 9.78. The number of benzene rings is 1. The SMILES string of the molecule is Cc1ccc(CNCc2ccncc2Cl)cc1. The van der Waals surface area contributed by atoms with Crippen molar-refractivity contribution in [1.29, 1.82) is 0 Å². The van der Waals surface area contributed by atoms with Gasteiger partial charge in [-0.25, -0.2) is 0 Å². The molecule has 1 aromatic heterocycles. The first-order chi connectivity index (χ1) is 8.25. The number of hydrogen-bond donors (Lipinski definition) is 1. The third kappa shape index (κ3) is 3.55. The van der Waals surface area contributed by atoms with Gasteiger partial charge in [0, 0.05) is 25.5 Å². The van der Waals surface area contributed by atoms with E-state index in [1.54, 1.807) is 12.4 Å². The smallest absolute Gasteiger partial charge is 0.0634 e. The fraction of sp³-hybridized carbons (Fsp3) is 0.214. The molecule has 0 saturated carbocycles. The molecule has 0 unspecified atom stereocenters. The summed E-state index contributed by atoms with van der Waals surface area (Å²) in [5.41, 5.74) is 3.64. The summed E-state index contributed by atoms with van der Waals surface area (Å²) in [4.78, 5) is 3.96. The molecule has 0 bridgehead atoms. The van der Waals surface area contributed by atoms with Gasteiger partial charge in [-0.3, -0.25) is 4.98 Å². The van der Waals surface area contributed by atoms with E-state index in [2.05, 4.69) is 41.5 Å². The van der Waals surface area contributed by atoms with E-state index in [0.717, 1.165) is 18.7 Å². The molecule has 0 aliphatic heterocycles. The molecule has 0 radical (unpaired) electrons. The van der Waals surface area contributed by atoms with Crippen molar-refractivity contribution in [3.05, 3.63) is 64.4 Å². The van der Waals surface area contributed by atoms with Gasteiger partial charge in [0.2, 0.25) is 0 Å². The lowest BCUT2D eigenvalue weighted by Gasteiger charge is -2.06. The Morgan fingerprint density at radius 2 is 1.88 bits per heavy atom. The summed E-state index contributed by atoms with van der Waals surface area (Å²) in [5, 5.41) is 4.08. The van der Waals surface area contributed by atoms with Crippen LogP contribution in [-0.2, 0) is 13.1 Å². The second-order valence-electron chi connectivity index (χ2n) is 4.06. The monoisotopic (exact) mass is 246 g/mol. The van der Waals surface area contributed by atoms with Gasteiger partial charge in [-0.15, -0.1) is 0 Å². The molecule has 1 heterocycles. The van der Waals surface area contributed by atoms with Gasteiger partial charge in [0.05, 0.1) is 5.02 Å². The molecule has 2 aromatic rings. The summed E-state index contributed by atoms with van der Waals surface area (Å²) in [5.74, 6) is 0. The van der Waals surface area contributed by atoms with Gasteiger partial charge in [-0.1, -0.05) is 41.4 Å². The van der Waals surface area contributed by atoms with Crippen molar-refractivity contribution >= 4 is 11.6 Å². The minimum Gasteiger partial charge on any atom is -0.309 e. The van der Waals surface area contributed by atoms with Crippen LogP contribution < -0.4 is 5.32 Å². The third-order valence-electron chi connectivity index (χ3n) is 2.62. The lowest BCUT2D eigenvalue weighted by Crippen LogP contribution is -2.12. The molecule has 0 fully saturated rings. The molecule has 0 spiro atoms. The molecule has 2 rings (SSSR count). The van der Waals surface area contributed by atoms with Gasteiger partial charge in [0.15, 0.2) is 0 Å². The summed E-state index contributed by atoms with van der Waals surface area (Å²) in [7, 11) is 0. The molecule has 1 aromatic carbocycles. The first kappa shape index (κ1) is 12.1. The van der Waals surface area contributed by atoms with Crippen LogP contribution in [0.4, 0.5) is 0 Å². The Labute approximate surface area is 107 Å². The third-order valence-corrected chi connectivity index (χ3v) is 2.96. The van der Waals surface area contributed by atoms with Gasteiger partial charge >= 0.3 is 0 Å². The molecular formula is C14H15ClN2. The number of pyridine rings is 1. The van der Waals surface area contributed by atoms with E-state index in [-0.39, 0.29) is 0 Å². The predicted molar refractivity (Wildman–Crippen MR) is 71.0 cm³/mol. The van der Waals surface area contributed by atoms with E-state index in [1.165, 1.54) is 11.1 Å². The molecule has 0 saturated heterocycles. The maximum Gasteiger partial charge on any atom is 0.0634 e. The van der Waals surface area contributed by atoms with Crippen LogP contribution in [-0.4, -0.2) is 4.98 Å². The van der Waals surface area contributed by atoms with Crippen LogP contribution in [0.15, 0.2) is 42.7 Å². The van der Waals surface area contributed by atoms with Crippen molar-refractivity contribution in [1.82, 2.24) is 10.3 Å². The Morgan fingerprint density at radius 1 is 1.12 bits per heavy atom. The minimum absolute atomic E-state index is 0.712. The molecule has 0 atom stereocenters. The van der Waals surface area contributed by atoms with Crippen LogP contribution >= 0.6 is 11.6 Å². The van der Waals surface area contributed by atoms with Crippen molar-refractivity contribution < 1.29 is 0 Å². The van der Waals surface area contributed by atoms with Crippen LogP contribution in [0.5, 0.6) is 0 Å². The van der Waals surface area contributed by atoms with E-state index in [9.17, 15) is 0 Å². The average molecular weight is 247 g/mol. The quantitative estimate of drug-likeness (QED) is 0.895. The highest BCUT2D eigenvalue weighted by atomic mass is 35.5. The zero-order chi connectivity index (χ0) is 12.1. The van der Waals surface area contributed by atoms with E-state index in [0.29, 0.717) is 5.02 Å². The molecule has 88 valence electrons. The second kappa shape index (κ2) is 5.80. The normalized spacial score (nSPS) is 10.5. The predicted octanol–water partition coefficient (Wildman–Crippen LogP) is 3.33. The number of rotatable bonds is 4. The fourth-order valence-corrected chi connectivity index (χ4v) is 1.78. The van der Waals surface area contributed by atoms with Crippen molar-refractivity contribution in [2.24, 2.45) is 0 Å². The summed E-state index contributed by atoms with van der Waals surface area (Å²) in [6, 6.07) is 10.4. The van der Waals surface area contributed by atoms with Gasteiger partial charge in [0.1, 0.15) is 0 Å². The molecule has 0 amide bonds. The minimum atomic E-state index is 0.712. The fourth-order valence-electron chi connectivity index (χ4n) is 1.59. The first-order valence-electron chi connectivity index (χ1n) is 5.60. The largest absolute Gasteiger partial charge is 0.309 e. The number of aryl methyl sites for hydroxylation is 1. The summed E-state index contributed by atoms with van der Waals surface area (Å²) in [6.45, 7) is 3.70. The number of hydrogen-bond acceptors (Lipinski definition) is 2. The topological polar surface area (TPSA) is 24.9 Å². The molecule has 0 aliphatic rings. The Morgan fingerprint density at radius 3 is 2.59 bits per heavy atom. The Kier molecular flexibility index (Phi) is 4.13. The Hall–Kier alpha value is -1.38. The van der Waals surface area contributed by atoms with Crippen LogP contribution in [0, 0.1) is 6.92 Å². The van der Waals surface area contributed by atoms with Crippen LogP contribution in [0.3, 0.4) is 0 Å². The van der Waals surface area contributed by atoms with Crippen molar-refractivity contribution in [2.75, 3.05) is 0 Å². The second-order valence-corrected chi connectivity index (χ2v) is 4.46. The Balaban J connectivity index is 1.88. The van der Waals surface area contributed by atoms with E-state index < -0.39 is 0 Å². The van der Waals surface area contributed by atoms with Gasteiger partial charge in [-0.05, 0) is 24.1 Å².